The number of amides is 1. The Hall–Kier alpha value is -1.86. The number of nitrogens with zero attached hydrogens (tertiary/aromatic N) is 2. The van der Waals surface area contributed by atoms with Gasteiger partial charge >= 0.3 is 0 Å². The van der Waals surface area contributed by atoms with Gasteiger partial charge in [-0.3, -0.25) is 9.59 Å². The van der Waals surface area contributed by atoms with Crippen LogP contribution in [0.4, 0.5) is 4.39 Å². The van der Waals surface area contributed by atoms with Crippen LogP contribution in [0.3, 0.4) is 0 Å². The van der Waals surface area contributed by atoms with Gasteiger partial charge in [0, 0.05) is 6.20 Å². The predicted molar refractivity (Wildman–Crippen MR) is 82.3 cm³/mol. The lowest BCUT2D eigenvalue weighted by molar-refractivity contribution is -0.117. The smallest absolute Gasteiger partial charge is 0.222 e. The lowest BCUT2D eigenvalue weighted by Gasteiger charge is -2.11. The molecule has 1 unspecified atom stereocenters. The molecule has 0 radical (unpaired) electrons. The molecule has 22 heavy (non-hydrogen) atoms. The fraction of sp³-hybridized carbons (Fsp3) is 0.143. The summed E-state index contributed by atoms with van der Waals surface area (Å²) in [5.74, 6) is -1.99. The second-order valence-electron chi connectivity index (χ2n) is 4.40. The van der Waals surface area contributed by atoms with Crippen LogP contribution in [0, 0.1) is 5.82 Å². The molecule has 1 aromatic heterocycles. The van der Waals surface area contributed by atoms with Gasteiger partial charge in [-0.2, -0.15) is 0 Å². The minimum Gasteiger partial charge on any atom is -0.369 e. The number of ketones is 1. The van der Waals surface area contributed by atoms with Gasteiger partial charge in [-0.15, -0.1) is 0 Å². The number of nitrogens with two attached hydrogens (primary N) is 1. The zero-order valence-electron chi connectivity index (χ0n) is 11.1. The van der Waals surface area contributed by atoms with Crippen LogP contribution in [-0.2, 0) is 11.2 Å². The monoisotopic (exact) mass is 385 g/mol. The maximum atomic E-state index is 14.3. The standard InChI is InChI=1S/C14H10BrClFN3O2/c15-11(9-4-5-19-14(16)20-9)13(22)8-3-1-2-7(12(8)17)6-10(18)21/h1-5,11H,6H2,(H2,18,21). The Kier molecular flexibility index (Phi) is 5.20. The van der Waals surface area contributed by atoms with Crippen molar-refractivity contribution in [2.45, 2.75) is 11.2 Å². The molecule has 0 aliphatic rings. The van der Waals surface area contributed by atoms with E-state index < -0.39 is 22.3 Å². The fourth-order valence-corrected chi connectivity index (χ4v) is 2.51. The summed E-state index contributed by atoms with van der Waals surface area (Å²) in [5, 5.41) is -0.0160. The summed E-state index contributed by atoms with van der Waals surface area (Å²) in [4.78, 5) is 30.1. The van der Waals surface area contributed by atoms with Crippen molar-refractivity contribution in [2.24, 2.45) is 5.73 Å². The molecule has 114 valence electrons. The average molecular weight is 387 g/mol. The number of primary amides is 1. The van der Waals surface area contributed by atoms with Crippen molar-refractivity contribution in [2.75, 3.05) is 0 Å². The predicted octanol–water partition coefficient (Wildman–Crippen LogP) is 2.62. The van der Waals surface area contributed by atoms with Crippen molar-refractivity contribution in [1.82, 2.24) is 9.97 Å². The summed E-state index contributed by atoms with van der Waals surface area (Å²) in [6.07, 6.45) is 1.12. The summed E-state index contributed by atoms with van der Waals surface area (Å²) in [5.41, 5.74) is 5.28. The molecule has 1 atom stereocenters. The molecule has 0 aliphatic heterocycles. The first-order valence-electron chi connectivity index (χ1n) is 6.12. The lowest BCUT2D eigenvalue weighted by atomic mass is 10.0. The average Bonchev–Trinajstić information content (AvgIpc) is 2.47. The Bertz CT molecular complexity index is 742. The second-order valence-corrected chi connectivity index (χ2v) is 5.65. The van der Waals surface area contributed by atoms with Crippen LogP contribution >= 0.6 is 27.5 Å². The quantitative estimate of drug-likeness (QED) is 0.486. The Balaban J connectivity index is 2.35. The number of Topliss-reactive ketones (excluding diaryl/α,β-unsaturated/α-hetero) is 1. The number of halogens is 3. The number of rotatable bonds is 5. The minimum atomic E-state index is -0.883. The highest BCUT2D eigenvalue weighted by Crippen LogP contribution is 2.28. The molecular weight excluding hydrogens is 377 g/mol. The first-order valence-corrected chi connectivity index (χ1v) is 7.42. The Morgan fingerprint density at radius 1 is 1.36 bits per heavy atom. The SMILES string of the molecule is NC(=O)Cc1cccc(C(=O)C(Br)c2ccnc(Cl)n2)c1F. The molecule has 2 N–H and O–H groups in total. The highest BCUT2D eigenvalue weighted by Gasteiger charge is 2.24. The third-order valence-corrected chi connectivity index (χ3v) is 3.91. The van der Waals surface area contributed by atoms with E-state index in [1.54, 1.807) is 0 Å². The largest absolute Gasteiger partial charge is 0.369 e. The summed E-state index contributed by atoms with van der Waals surface area (Å²) >= 11 is 8.85. The van der Waals surface area contributed by atoms with Crippen LogP contribution < -0.4 is 5.73 Å². The van der Waals surface area contributed by atoms with Crippen LogP contribution in [0.1, 0.15) is 26.4 Å². The topological polar surface area (TPSA) is 85.9 Å². The van der Waals surface area contributed by atoms with E-state index in [1.165, 1.54) is 30.5 Å². The van der Waals surface area contributed by atoms with E-state index in [0.29, 0.717) is 5.69 Å². The number of hydrogen-bond acceptors (Lipinski definition) is 4. The molecular formula is C14H10BrClFN3O2. The van der Waals surface area contributed by atoms with Crippen molar-refractivity contribution < 1.29 is 14.0 Å². The normalized spacial score (nSPS) is 12.0. The number of hydrogen-bond donors (Lipinski definition) is 1. The van der Waals surface area contributed by atoms with Gasteiger partial charge in [-0.05, 0) is 29.3 Å². The van der Waals surface area contributed by atoms with E-state index in [1.807, 2.05) is 0 Å². The van der Waals surface area contributed by atoms with E-state index in [2.05, 4.69) is 25.9 Å². The van der Waals surface area contributed by atoms with Crippen LogP contribution in [0.15, 0.2) is 30.5 Å². The molecule has 1 aromatic carbocycles. The molecule has 5 nitrogen and oxygen atoms in total. The maximum Gasteiger partial charge on any atom is 0.222 e. The van der Waals surface area contributed by atoms with Gasteiger partial charge in [0.05, 0.1) is 17.7 Å². The summed E-state index contributed by atoms with van der Waals surface area (Å²) in [6, 6.07) is 5.72. The number of aromatic nitrogens is 2. The second kappa shape index (κ2) is 6.93. The number of carbonyl (C=O) groups excluding carboxylic acids is 2. The van der Waals surface area contributed by atoms with Crippen molar-refractivity contribution >= 4 is 39.2 Å². The molecule has 1 heterocycles. The van der Waals surface area contributed by atoms with Gasteiger partial charge in [0.1, 0.15) is 10.6 Å². The first-order chi connectivity index (χ1) is 10.4. The Labute approximate surface area is 138 Å². The highest BCUT2D eigenvalue weighted by molar-refractivity contribution is 9.09. The molecule has 0 bridgehead atoms. The van der Waals surface area contributed by atoms with E-state index >= 15 is 0 Å². The number of benzene rings is 1. The van der Waals surface area contributed by atoms with Crippen molar-refractivity contribution in [3.8, 4) is 0 Å². The number of carbonyl (C=O) groups is 2. The molecule has 8 heteroatoms. The van der Waals surface area contributed by atoms with Gasteiger partial charge in [0.25, 0.3) is 0 Å². The fourth-order valence-electron chi connectivity index (χ4n) is 1.85. The van der Waals surface area contributed by atoms with E-state index in [4.69, 9.17) is 17.3 Å². The molecule has 0 spiro atoms. The van der Waals surface area contributed by atoms with E-state index in [-0.39, 0.29) is 22.8 Å². The third kappa shape index (κ3) is 3.66. The van der Waals surface area contributed by atoms with Gasteiger partial charge in [-0.1, -0.05) is 28.1 Å². The first kappa shape index (κ1) is 16.5. The minimum absolute atomic E-state index is 0.0160. The van der Waals surface area contributed by atoms with Crippen molar-refractivity contribution in [1.29, 1.82) is 0 Å². The lowest BCUT2D eigenvalue weighted by Crippen LogP contribution is -2.17. The number of alkyl halides is 1. The zero-order chi connectivity index (χ0) is 16.3. The Morgan fingerprint density at radius 2 is 2.09 bits per heavy atom. The molecule has 2 rings (SSSR count). The van der Waals surface area contributed by atoms with Gasteiger partial charge in [-0.25, -0.2) is 14.4 Å². The zero-order valence-corrected chi connectivity index (χ0v) is 13.4. The Morgan fingerprint density at radius 3 is 2.73 bits per heavy atom. The third-order valence-electron chi connectivity index (χ3n) is 2.85. The van der Waals surface area contributed by atoms with Gasteiger partial charge < -0.3 is 5.73 Å². The highest BCUT2D eigenvalue weighted by atomic mass is 79.9. The van der Waals surface area contributed by atoms with Crippen LogP contribution in [0.5, 0.6) is 0 Å². The van der Waals surface area contributed by atoms with Crippen molar-refractivity contribution in [3.63, 3.8) is 0 Å². The van der Waals surface area contributed by atoms with Gasteiger partial charge in [0.15, 0.2) is 5.78 Å². The molecule has 0 aliphatic carbocycles. The van der Waals surface area contributed by atoms with E-state index in [9.17, 15) is 14.0 Å². The van der Waals surface area contributed by atoms with Crippen LogP contribution in [-0.4, -0.2) is 21.7 Å². The maximum absolute atomic E-state index is 14.3. The molecule has 0 fully saturated rings. The summed E-state index contributed by atoms with van der Waals surface area (Å²) in [7, 11) is 0. The van der Waals surface area contributed by atoms with Crippen LogP contribution in [0.25, 0.3) is 0 Å². The molecule has 0 saturated carbocycles. The van der Waals surface area contributed by atoms with Crippen molar-refractivity contribution in [3.05, 3.63) is 58.4 Å². The van der Waals surface area contributed by atoms with Gasteiger partial charge in [0.2, 0.25) is 11.2 Å². The summed E-state index contributed by atoms with van der Waals surface area (Å²) < 4.78 is 14.3. The van der Waals surface area contributed by atoms with Crippen LogP contribution in [0.2, 0.25) is 5.28 Å². The molecule has 1 amide bonds. The molecule has 2 aromatic rings. The van der Waals surface area contributed by atoms with E-state index in [0.717, 1.165) is 0 Å². The molecule has 0 saturated heterocycles. The summed E-state index contributed by atoms with van der Waals surface area (Å²) in [6.45, 7) is 0.